The number of carboxylic acids is 1. The summed E-state index contributed by atoms with van der Waals surface area (Å²) in [6.07, 6.45) is 1.38. The van der Waals surface area contributed by atoms with Gasteiger partial charge in [-0.2, -0.15) is 0 Å². The van der Waals surface area contributed by atoms with Crippen LogP contribution in [-0.4, -0.2) is 52.8 Å². The number of hydrogen-bond acceptors (Lipinski definition) is 4. The fourth-order valence-corrected chi connectivity index (χ4v) is 1.36. The van der Waals surface area contributed by atoms with Crippen LogP contribution in [0.5, 0.6) is 0 Å². The molecule has 0 atom stereocenters. The number of methoxy groups -OCH3 is 1. The number of aromatic nitrogens is 2. The second-order valence-corrected chi connectivity index (χ2v) is 3.65. The van der Waals surface area contributed by atoms with Gasteiger partial charge in [0.15, 0.2) is 0 Å². The van der Waals surface area contributed by atoms with Crippen molar-refractivity contribution in [3.05, 3.63) is 17.7 Å². The predicted molar refractivity (Wildman–Crippen MR) is 58.4 cm³/mol. The third kappa shape index (κ3) is 3.04. The maximum Gasteiger partial charge on any atom is 0.354 e. The summed E-state index contributed by atoms with van der Waals surface area (Å²) < 4.78 is 6.55. The number of likely N-dealkylation sites (N-methyl/N-ethyl adjacent to an activating group) is 1. The van der Waals surface area contributed by atoms with Crippen molar-refractivity contribution in [2.45, 2.75) is 6.54 Å². The number of nitrogens with zero attached hydrogens (tertiary/aromatic N) is 3. The van der Waals surface area contributed by atoms with E-state index in [2.05, 4.69) is 4.98 Å². The predicted octanol–water partition coefficient (Wildman–Crippen LogP) is 0.196. The summed E-state index contributed by atoms with van der Waals surface area (Å²) >= 11 is 0. The maximum atomic E-state index is 10.8. The molecule has 16 heavy (non-hydrogen) atoms. The first-order valence-electron chi connectivity index (χ1n) is 4.97. The first-order valence-corrected chi connectivity index (χ1v) is 4.97. The fourth-order valence-electron chi connectivity index (χ4n) is 1.36. The molecule has 0 aliphatic heterocycles. The van der Waals surface area contributed by atoms with Crippen LogP contribution < -0.4 is 0 Å². The Balaban J connectivity index is 2.64. The minimum absolute atomic E-state index is 0.204. The topological polar surface area (TPSA) is 67.6 Å². The number of carbonyl (C=O) groups is 1. The molecule has 90 valence electrons. The smallest absolute Gasteiger partial charge is 0.354 e. The number of carboxylic acid groups (broad SMARTS) is 1. The second kappa shape index (κ2) is 5.62. The van der Waals surface area contributed by atoms with Crippen LogP contribution in [0, 0.1) is 0 Å². The van der Waals surface area contributed by atoms with Gasteiger partial charge in [-0.25, -0.2) is 9.78 Å². The van der Waals surface area contributed by atoms with Crippen LogP contribution in [0.15, 0.2) is 6.20 Å². The highest BCUT2D eigenvalue weighted by molar-refractivity contribution is 5.85. The number of rotatable bonds is 6. The number of imidazole rings is 1. The van der Waals surface area contributed by atoms with Crippen LogP contribution in [0.1, 0.15) is 16.3 Å². The average Bonchev–Trinajstić information content (AvgIpc) is 2.57. The van der Waals surface area contributed by atoms with E-state index in [1.165, 1.54) is 6.20 Å². The molecule has 0 bridgehead atoms. The van der Waals surface area contributed by atoms with Crippen LogP contribution in [0.3, 0.4) is 0 Å². The van der Waals surface area contributed by atoms with E-state index in [9.17, 15) is 4.79 Å². The molecule has 6 nitrogen and oxygen atoms in total. The molecule has 0 fully saturated rings. The Labute approximate surface area is 94.5 Å². The van der Waals surface area contributed by atoms with Crippen molar-refractivity contribution in [2.75, 3.05) is 27.3 Å². The first-order chi connectivity index (χ1) is 7.56. The summed E-state index contributed by atoms with van der Waals surface area (Å²) in [4.78, 5) is 16.9. The summed E-state index contributed by atoms with van der Waals surface area (Å²) in [7, 11) is 5.29. The van der Waals surface area contributed by atoms with Gasteiger partial charge in [0, 0.05) is 20.7 Å². The molecule has 1 rings (SSSR count). The van der Waals surface area contributed by atoms with Gasteiger partial charge in [-0.3, -0.25) is 4.90 Å². The monoisotopic (exact) mass is 227 g/mol. The Morgan fingerprint density at radius 2 is 2.38 bits per heavy atom. The lowest BCUT2D eigenvalue weighted by atomic mass is 10.4. The molecule has 0 unspecified atom stereocenters. The third-order valence-electron chi connectivity index (χ3n) is 2.39. The van der Waals surface area contributed by atoms with E-state index < -0.39 is 5.97 Å². The van der Waals surface area contributed by atoms with E-state index in [1.807, 2.05) is 11.9 Å². The van der Waals surface area contributed by atoms with E-state index in [0.29, 0.717) is 13.2 Å². The Bertz CT molecular complexity index is 362. The number of ether oxygens (including phenoxy) is 1. The number of aromatic carboxylic acids is 1. The van der Waals surface area contributed by atoms with Crippen molar-refractivity contribution in [1.82, 2.24) is 14.5 Å². The minimum atomic E-state index is -0.958. The molecule has 0 aliphatic carbocycles. The minimum Gasteiger partial charge on any atom is -0.477 e. The zero-order chi connectivity index (χ0) is 12.1. The lowest BCUT2D eigenvalue weighted by molar-refractivity contribution is 0.0685. The van der Waals surface area contributed by atoms with Gasteiger partial charge in [0.05, 0.1) is 19.3 Å². The van der Waals surface area contributed by atoms with Crippen LogP contribution in [0.2, 0.25) is 0 Å². The highest BCUT2D eigenvalue weighted by Gasteiger charge is 2.13. The molecule has 0 aliphatic rings. The Hall–Kier alpha value is -1.40. The highest BCUT2D eigenvalue weighted by Crippen LogP contribution is 2.05. The highest BCUT2D eigenvalue weighted by atomic mass is 16.5. The van der Waals surface area contributed by atoms with E-state index >= 15 is 0 Å². The molecule has 1 heterocycles. The Morgan fingerprint density at radius 1 is 1.69 bits per heavy atom. The number of hydrogen-bond donors (Lipinski definition) is 1. The fraction of sp³-hybridized carbons (Fsp3) is 0.600. The SMILES string of the molecule is COCCN(C)Cc1ncc(C(=O)O)n1C. The van der Waals surface area contributed by atoms with Crippen molar-refractivity contribution in [2.24, 2.45) is 7.05 Å². The molecule has 1 aromatic rings. The van der Waals surface area contributed by atoms with Crippen molar-refractivity contribution in [1.29, 1.82) is 0 Å². The van der Waals surface area contributed by atoms with Gasteiger partial charge in [0.25, 0.3) is 0 Å². The van der Waals surface area contributed by atoms with E-state index in [4.69, 9.17) is 9.84 Å². The second-order valence-electron chi connectivity index (χ2n) is 3.65. The lowest BCUT2D eigenvalue weighted by Crippen LogP contribution is -2.24. The molecular formula is C10H17N3O3. The van der Waals surface area contributed by atoms with E-state index in [-0.39, 0.29) is 5.69 Å². The summed E-state index contributed by atoms with van der Waals surface area (Å²) in [6.45, 7) is 2.03. The summed E-state index contributed by atoms with van der Waals surface area (Å²) in [5.41, 5.74) is 0.204. The third-order valence-corrected chi connectivity index (χ3v) is 2.39. The molecule has 0 aromatic carbocycles. The Kier molecular flexibility index (Phi) is 4.45. The molecule has 1 aromatic heterocycles. The van der Waals surface area contributed by atoms with Gasteiger partial charge in [-0.15, -0.1) is 0 Å². The van der Waals surface area contributed by atoms with Crippen LogP contribution >= 0.6 is 0 Å². The molecule has 0 radical (unpaired) electrons. The van der Waals surface area contributed by atoms with Crippen molar-refractivity contribution in [3.63, 3.8) is 0 Å². The Morgan fingerprint density at radius 3 is 2.88 bits per heavy atom. The standard InChI is InChI=1S/C10H17N3O3/c1-12(4-5-16-3)7-9-11-6-8(10(14)15)13(9)2/h6H,4-5,7H2,1-3H3,(H,14,15). The molecule has 1 N–H and O–H groups in total. The molecule has 0 saturated carbocycles. The summed E-state index contributed by atoms with van der Waals surface area (Å²) in [6, 6.07) is 0. The quantitative estimate of drug-likeness (QED) is 0.751. The normalized spacial score (nSPS) is 11.0. The van der Waals surface area contributed by atoms with Crippen molar-refractivity contribution in [3.8, 4) is 0 Å². The molecule has 0 amide bonds. The maximum absolute atomic E-state index is 10.8. The van der Waals surface area contributed by atoms with Crippen LogP contribution in [-0.2, 0) is 18.3 Å². The first kappa shape index (κ1) is 12.7. The summed E-state index contributed by atoms with van der Waals surface area (Å²) in [5.74, 6) is -0.225. The molecule has 6 heteroatoms. The molecule has 0 spiro atoms. The zero-order valence-electron chi connectivity index (χ0n) is 9.80. The van der Waals surface area contributed by atoms with Gasteiger partial charge < -0.3 is 14.4 Å². The van der Waals surface area contributed by atoms with Gasteiger partial charge >= 0.3 is 5.97 Å². The molecular weight excluding hydrogens is 210 g/mol. The van der Waals surface area contributed by atoms with Gasteiger partial charge in [-0.1, -0.05) is 0 Å². The van der Waals surface area contributed by atoms with Gasteiger partial charge in [0.2, 0.25) is 0 Å². The van der Waals surface area contributed by atoms with E-state index in [0.717, 1.165) is 12.4 Å². The van der Waals surface area contributed by atoms with Crippen molar-refractivity contribution >= 4 is 5.97 Å². The van der Waals surface area contributed by atoms with Crippen LogP contribution in [0.25, 0.3) is 0 Å². The largest absolute Gasteiger partial charge is 0.477 e. The summed E-state index contributed by atoms with van der Waals surface area (Å²) in [5, 5.41) is 8.86. The van der Waals surface area contributed by atoms with Gasteiger partial charge in [-0.05, 0) is 7.05 Å². The zero-order valence-corrected chi connectivity index (χ0v) is 9.80. The molecule has 0 saturated heterocycles. The van der Waals surface area contributed by atoms with Gasteiger partial charge in [0.1, 0.15) is 11.5 Å². The van der Waals surface area contributed by atoms with E-state index in [1.54, 1.807) is 18.7 Å². The van der Waals surface area contributed by atoms with Crippen LogP contribution in [0.4, 0.5) is 0 Å². The average molecular weight is 227 g/mol. The lowest BCUT2D eigenvalue weighted by Gasteiger charge is -2.15. The van der Waals surface area contributed by atoms with Crippen molar-refractivity contribution < 1.29 is 14.6 Å².